The van der Waals surface area contributed by atoms with Gasteiger partial charge in [0.25, 0.3) is 0 Å². The Morgan fingerprint density at radius 2 is 2.00 bits per heavy atom. The monoisotopic (exact) mass is 204 g/mol. The molecular weight excluding hydrogens is 184 g/mol. The summed E-state index contributed by atoms with van der Waals surface area (Å²) < 4.78 is 0. The number of aliphatic hydroxyl groups is 1. The Kier molecular flexibility index (Phi) is 5.13. The molecule has 1 heteroatoms. The molecule has 0 spiro atoms. The summed E-state index contributed by atoms with van der Waals surface area (Å²) in [6, 6.07) is 8.36. The third kappa shape index (κ3) is 4.80. The molecule has 0 radical (unpaired) electrons. The second kappa shape index (κ2) is 6.41. The third-order valence-corrected chi connectivity index (χ3v) is 2.54. The fourth-order valence-corrected chi connectivity index (χ4v) is 1.60. The van der Waals surface area contributed by atoms with E-state index < -0.39 is 0 Å². The van der Waals surface area contributed by atoms with E-state index in [1.165, 1.54) is 11.1 Å². The average Bonchev–Trinajstić information content (AvgIpc) is 2.22. The molecule has 0 saturated heterocycles. The van der Waals surface area contributed by atoms with E-state index >= 15 is 0 Å². The minimum atomic E-state index is -0.215. The minimum absolute atomic E-state index is 0.215. The summed E-state index contributed by atoms with van der Waals surface area (Å²) in [5, 5.41) is 9.76. The number of aliphatic hydroxyl groups excluding tert-OH is 1. The first-order chi connectivity index (χ1) is 7.22. The predicted octanol–water partition coefficient (Wildman–Crippen LogP) is 3.25. The zero-order chi connectivity index (χ0) is 11.1. The van der Waals surface area contributed by atoms with Crippen molar-refractivity contribution in [3.8, 4) is 0 Å². The maximum Gasteiger partial charge on any atom is 0.0580 e. The van der Waals surface area contributed by atoms with Gasteiger partial charge in [0, 0.05) is 0 Å². The second-order valence-corrected chi connectivity index (χ2v) is 4.06. The summed E-state index contributed by atoms with van der Waals surface area (Å²) in [5.74, 6) is 0. The van der Waals surface area contributed by atoms with Crippen LogP contribution in [0.3, 0.4) is 0 Å². The molecule has 82 valence electrons. The smallest absolute Gasteiger partial charge is 0.0580 e. The number of aryl methyl sites for hydroxylation is 1. The average molecular weight is 204 g/mol. The lowest BCUT2D eigenvalue weighted by molar-refractivity contribution is 0.162. The lowest BCUT2D eigenvalue weighted by atomic mass is 10.0. The molecule has 1 rings (SSSR count). The molecule has 0 fully saturated rings. The van der Waals surface area contributed by atoms with Gasteiger partial charge in [-0.3, -0.25) is 0 Å². The van der Waals surface area contributed by atoms with Gasteiger partial charge in [0.05, 0.1) is 6.10 Å². The third-order valence-electron chi connectivity index (χ3n) is 2.54. The van der Waals surface area contributed by atoms with Crippen LogP contribution >= 0.6 is 0 Å². The molecule has 1 aromatic rings. The normalized spacial score (nSPS) is 12.4. The first-order valence-electron chi connectivity index (χ1n) is 5.57. The first-order valence-corrected chi connectivity index (χ1v) is 5.57. The van der Waals surface area contributed by atoms with Gasteiger partial charge in [0.2, 0.25) is 0 Å². The SMILES string of the molecule is C=CCCCC(O)Cc1ccc(C)cc1. The Labute approximate surface area is 92.5 Å². The van der Waals surface area contributed by atoms with Crippen LogP contribution in [0.5, 0.6) is 0 Å². The number of unbranched alkanes of at least 4 members (excludes halogenated alkanes) is 1. The van der Waals surface area contributed by atoms with Crippen LogP contribution < -0.4 is 0 Å². The molecule has 1 nitrogen and oxygen atoms in total. The molecule has 0 amide bonds. The molecule has 0 bridgehead atoms. The Morgan fingerprint density at radius 3 is 2.60 bits per heavy atom. The number of hydrogen-bond acceptors (Lipinski definition) is 1. The topological polar surface area (TPSA) is 20.2 Å². The highest BCUT2D eigenvalue weighted by Crippen LogP contribution is 2.10. The summed E-state index contributed by atoms with van der Waals surface area (Å²) >= 11 is 0. The zero-order valence-corrected chi connectivity index (χ0v) is 9.45. The van der Waals surface area contributed by atoms with E-state index in [4.69, 9.17) is 0 Å². The van der Waals surface area contributed by atoms with Crippen molar-refractivity contribution in [3.63, 3.8) is 0 Å². The van der Waals surface area contributed by atoms with Gasteiger partial charge in [-0.1, -0.05) is 35.9 Å². The number of allylic oxidation sites excluding steroid dienone is 1. The van der Waals surface area contributed by atoms with Gasteiger partial charge in [0.15, 0.2) is 0 Å². The minimum Gasteiger partial charge on any atom is -0.393 e. The zero-order valence-electron chi connectivity index (χ0n) is 9.45. The van der Waals surface area contributed by atoms with Crippen molar-refractivity contribution in [3.05, 3.63) is 48.0 Å². The van der Waals surface area contributed by atoms with Crippen LogP contribution in [0.4, 0.5) is 0 Å². The Bertz CT molecular complexity index is 287. The van der Waals surface area contributed by atoms with Crippen molar-refractivity contribution in [2.45, 2.75) is 38.7 Å². The van der Waals surface area contributed by atoms with Gasteiger partial charge in [-0.05, 0) is 38.2 Å². The number of hydrogen-bond donors (Lipinski definition) is 1. The van der Waals surface area contributed by atoms with E-state index in [0.717, 1.165) is 25.7 Å². The van der Waals surface area contributed by atoms with Gasteiger partial charge >= 0.3 is 0 Å². The van der Waals surface area contributed by atoms with Crippen LogP contribution in [-0.4, -0.2) is 11.2 Å². The highest BCUT2D eigenvalue weighted by atomic mass is 16.3. The molecule has 1 atom stereocenters. The van der Waals surface area contributed by atoms with Gasteiger partial charge in [-0.15, -0.1) is 6.58 Å². The van der Waals surface area contributed by atoms with E-state index in [9.17, 15) is 5.11 Å². The Morgan fingerprint density at radius 1 is 1.33 bits per heavy atom. The highest BCUT2D eigenvalue weighted by molar-refractivity contribution is 5.21. The molecule has 1 aromatic carbocycles. The maximum absolute atomic E-state index is 9.76. The van der Waals surface area contributed by atoms with Gasteiger partial charge in [-0.25, -0.2) is 0 Å². The highest BCUT2D eigenvalue weighted by Gasteiger charge is 2.04. The molecule has 0 saturated carbocycles. The van der Waals surface area contributed by atoms with Crippen LogP contribution in [-0.2, 0) is 6.42 Å². The largest absolute Gasteiger partial charge is 0.393 e. The molecule has 1 unspecified atom stereocenters. The van der Waals surface area contributed by atoms with E-state index in [0.29, 0.717) is 0 Å². The Hall–Kier alpha value is -1.08. The van der Waals surface area contributed by atoms with E-state index in [-0.39, 0.29) is 6.10 Å². The molecule has 15 heavy (non-hydrogen) atoms. The molecule has 1 N–H and O–H groups in total. The Balaban J connectivity index is 2.34. The van der Waals surface area contributed by atoms with Crippen LogP contribution in [0.15, 0.2) is 36.9 Å². The van der Waals surface area contributed by atoms with Crippen molar-refractivity contribution in [1.82, 2.24) is 0 Å². The summed E-state index contributed by atoms with van der Waals surface area (Å²) in [6.07, 6.45) is 5.32. The first kappa shape index (κ1) is 12.0. The van der Waals surface area contributed by atoms with Gasteiger partial charge < -0.3 is 5.11 Å². The van der Waals surface area contributed by atoms with Crippen LogP contribution in [0.2, 0.25) is 0 Å². The summed E-state index contributed by atoms with van der Waals surface area (Å²) in [6.45, 7) is 5.74. The standard InChI is InChI=1S/C14H20O/c1-3-4-5-6-14(15)11-13-9-7-12(2)8-10-13/h3,7-10,14-15H,1,4-6,11H2,2H3. The fourth-order valence-electron chi connectivity index (χ4n) is 1.60. The fraction of sp³-hybridized carbons (Fsp3) is 0.429. The lowest BCUT2D eigenvalue weighted by Gasteiger charge is -2.09. The van der Waals surface area contributed by atoms with E-state index in [1.54, 1.807) is 0 Å². The second-order valence-electron chi connectivity index (χ2n) is 4.06. The molecule has 0 aliphatic heterocycles. The van der Waals surface area contributed by atoms with Gasteiger partial charge in [0.1, 0.15) is 0 Å². The van der Waals surface area contributed by atoms with Crippen molar-refractivity contribution < 1.29 is 5.11 Å². The molecule has 0 aliphatic carbocycles. The van der Waals surface area contributed by atoms with Crippen molar-refractivity contribution in [1.29, 1.82) is 0 Å². The lowest BCUT2D eigenvalue weighted by Crippen LogP contribution is -2.09. The molecular formula is C14H20O. The summed E-state index contributed by atoms with van der Waals surface area (Å²) in [7, 11) is 0. The van der Waals surface area contributed by atoms with Crippen molar-refractivity contribution in [2.24, 2.45) is 0 Å². The van der Waals surface area contributed by atoms with E-state index in [1.807, 2.05) is 6.08 Å². The van der Waals surface area contributed by atoms with Gasteiger partial charge in [-0.2, -0.15) is 0 Å². The summed E-state index contributed by atoms with van der Waals surface area (Å²) in [4.78, 5) is 0. The molecule has 0 aliphatic rings. The van der Waals surface area contributed by atoms with Crippen molar-refractivity contribution in [2.75, 3.05) is 0 Å². The van der Waals surface area contributed by atoms with Crippen LogP contribution in [0.25, 0.3) is 0 Å². The number of benzene rings is 1. The van der Waals surface area contributed by atoms with Crippen LogP contribution in [0.1, 0.15) is 30.4 Å². The maximum atomic E-state index is 9.76. The van der Waals surface area contributed by atoms with Crippen LogP contribution in [0, 0.1) is 6.92 Å². The molecule has 0 heterocycles. The summed E-state index contributed by atoms with van der Waals surface area (Å²) in [5.41, 5.74) is 2.48. The predicted molar refractivity (Wildman–Crippen MR) is 64.9 cm³/mol. The molecule has 0 aromatic heterocycles. The van der Waals surface area contributed by atoms with E-state index in [2.05, 4.69) is 37.8 Å². The quantitative estimate of drug-likeness (QED) is 0.557. The van der Waals surface area contributed by atoms with Crippen molar-refractivity contribution >= 4 is 0 Å². The number of rotatable bonds is 6.